The van der Waals surface area contributed by atoms with Gasteiger partial charge in [0, 0.05) is 10.6 Å². The fourth-order valence-corrected chi connectivity index (χ4v) is 3.48. The van der Waals surface area contributed by atoms with E-state index in [2.05, 4.69) is 4.99 Å². The Balaban J connectivity index is 1.67. The van der Waals surface area contributed by atoms with Crippen molar-refractivity contribution in [1.29, 1.82) is 0 Å². The number of hydrogen-bond acceptors (Lipinski definition) is 5. The number of rotatable bonds is 6. The Morgan fingerprint density at radius 3 is 2.61 bits per heavy atom. The topological polar surface area (TPSA) is 57.1 Å². The van der Waals surface area contributed by atoms with Gasteiger partial charge in [-0.15, -0.1) is 0 Å². The second-order valence-electron chi connectivity index (χ2n) is 6.61. The highest BCUT2D eigenvalue weighted by Crippen LogP contribution is 2.34. The molecule has 1 heterocycles. The van der Waals surface area contributed by atoms with E-state index in [1.807, 2.05) is 18.2 Å². The van der Waals surface area contributed by atoms with Gasteiger partial charge in [0.05, 0.1) is 17.7 Å². The van der Waals surface area contributed by atoms with Gasteiger partial charge in [-0.05, 0) is 42.0 Å². The molecule has 0 saturated carbocycles. The van der Waals surface area contributed by atoms with Crippen LogP contribution in [0.5, 0.6) is 11.5 Å². The Labute approximate surface area is 189 Å². The number of halogens is 2. The number of aliphatic imine (C=N–C) groups is 1. The van der Waals surface area contributed by atoms with E-state index in [0.29, 0.717) is 32.7 Å². The Kier molecular flexibility index (Phi) is 6.26. The van der Waals surface area contributed by atoms with E-state index in [0.717, 1.165) is 5.56 Å². The van der Waals surface area contributed by atoms with Crippen molar-refractivity contribution >= 4 is 41.1 Å². The monoisotopic (exact) mass is 453 g/mol. The molecule has 4 rings (SSSR count). The summed E-state index contributed by atoms with van der Waals surface area (Å²) >= 11 is 12.3. The third-order valence-electron chi connectivity index (χ3n) is 4.52. The number of ether oxygens (including phenoxy) is 3. The van der Waals surface area contributed by atoms with Gasteiger partial charge in [-0.25, -0.2) is 9.79 Å². The molecule has 0 unspecified atom stereocenters. The first-order valence-corrected chi connectivity index (χ1v) is 10.1. The smallest absolute Gasteiger partial charge is 0.363 e. The number of benzene rings is 3. The minimum atomic E-state index is -0.571. The third-order valence-corrected chi connectivity index (χ3v) is 5.08. The average molecular weight is 454 g/mol. The minimum Gasteiger partial charge on any atom is -0.493 e. The van der Waals surface area contributed by atoms with E-state index in [1.54, 1.807) is 61.7 Å². The predicted octanol–water partition coefficient (Wildman–Crippen LogP) is 5.93. The lowest BCUT2D eigenvalue weighted by Gasteiger charge is -2.13. The van der Waals surface area contributed by atoms with Crippen LogP contribution in [0.15, 0.2) is 77.4 Å². The van der Waals surface area contributed by atoms with Crippen molar-refractivity contribution in [3.8, 4) is 11.5 Å². The summed E-state index contributed by atoms with van der Waals surface area (Å²) in [5.41, 5.74) is 2.20. The van der Waals surface area contributed by atoms with Crippen LogP contribution in [0.2, 0.25) is 10.0 Å². The van der Waals surface area contributed by atoms with Crippen molar-refractivity contribution in [3.05, 3.63) is 99.2 Å². The van der Waals surface area contributed by atoms with Gasteiger partial charge in [0.1, 0.15) is 6.61 Å². The Morgan fingerprint density at radius 2 is 1.84 bits per heavy atom. The Hall–Kier alpha value is -3.28. The third kappa shape index (κ3) is 4.74. The number of nitrogens with zero attached hydrogens (tertiary/aromatic N) is 1. The van der Waals surface area contributed by atoms with Crippen LogP contribution < -0.4 is 9.47 Å². The molecule has 7 heteroatoms. The number of methoxy groups -OCH3 is 1. The molecule has 1 aliphatic heterocycles. The fourth-order valence-electron chi connectivity index (χ4n) is 3.05. The molecule has 156 valence electrons. The predicted molar refractivity (Wildman–Crippen MR) is 121 cm³/mol. The number of hydrogen-bond donors (Lipinski definition) is 0. The summed E-state index contributed by atoms with van der Waals surface area (Å²) in [4.78, 5) is 16.8. The van der Waals surface area contributed by atoms with Gasteiger partial charge in [-0.3, -0.25) is 0 Å². The van der Waals surface area contributed by atoms with E-state index in [-0.39, 0.29) is 18.2 Å². The van der Waals surface area contributed by atoms with Crippen molar-refractivity contribution < 1.29 is 19.0 Å². The largest absolute Gasteiger partial charge is 0.493 e. The van der Waals surface area contributed by atoms with Gasteiger partial charge in [0.25, 0.3) is 0 Å². The first kappa shape index (κ1) is 21.0. The van der Waals surface area contributed by atoms with Gasteiger partial charge in [0.2, 0.25) is 5.90 Å². The molecule has 0 spiro atoms. The van der Waals surface area contributed by atoms with Crippen molar-refractivity contribution in [2.45, 2.75) is 6.61 Å². The number of esters is 1. The molecule has 0 saturated heterocycles. The van der Waals surface area contributed by atoms with Crippen LogP contribution in [-0.4, -0.2) is 19.0 Å². The molecule has 5 nitrogen and oxygen atoms in total. The molecule has 1 aliphatic rings. The highest BCUT2D eigenvalue weighted by atomic mass is 35.5. The fraction of sp³-hybridized carbons (Fsp3) is 0.0833. The number of carbonyl (C=O) groups is 1. The average Bonchev–Trinajstić information content (AvgIpc) is 3.13. The van der Waals surface area contributed by atoms with E-state index in [9.17, 15) is 4.79 Å². The molecule has 0 radical (unpaired) electrons. The zero-order chi connectivity index (χ0) is 21.8. The quantitative estimate of drug-likeness (QED) is 0.343. The van der Waals surface area contributed by atoms with E-state index in [1.165, 1.54) is 0 Å². The SMILES string of the molecule is COc1cccc(/C=C2\N=C(c3ccccc3Cl)OC2=O)c1OCc1cccc(Cl)c1. The van der Waals surface area contributed by atoms with Gasteiger partial charge >= 0.3 is 5.97 Å². The summed E-state index contributed by atoms with van der Waals surface area (Å²) in [6, 6.07) is 19.8. The lowest BCUT2D eigenvalue weighted by Crippen LogP contribution is -2.05. The second kappa shape index (κ2) is 9.25. The Morgan fingerprint density at radius 1 is 1.03 bits per heavy atom. The van der Waals surface area contributed by atoms with Gasteiger partial charge < -0.3 is 14.2 Å². The van der Waals surface area contributed by atoms with Crippen molar-refractivity contribution in [3.63, 3.8) is 0 Å². The molecule has 31 heavy (non-hydrogen) atoms. The molecule has 0 aromatic heterocycles. The Bertz CT molecular complexity index is 1200. The van der Waals surface area contributed by atoms with Crippen molar-refractivity contribution in [2.24, 2.45) is 4.99 Å². The van der Waals surface area contributed by atoms with Crippen LogP contribution in [0, 0.1) is 0 Å². The summed E-state index contributed by atoms with van der Waals surface area (Å²) in [5.74, 6) is 0.592. The summed E-state index contributed by atoms with van der Waals surface area (Å²) in [5, 5.41) is 1.07. The van der Waals surface area contributed by atoms with E-state index in [4.69, 9.17) is 37.4 Å². The van der Waals surface area contributed by atoms with E-state index >= 15 is 0 Å². The highest BCUT2D eigenvalue weighted by Gasteiger charge is 2.26. The van der Waals surface area contributed by atoms with Crippen molar-refractivity contribution in [1.82, 2.24) is 0 Å². The van der Waals surface area contributed by atoms with Gasteiger partial charge in [0.15, 0.2) is 17.2 Å². The first-order valence-electron chi connectivity index (χ1n) is 9.37. The minimum absolute atomic E-state index is 0.135. The van der Waals surface area contributed by atoms with E-state index < -0.39 is 5.97 Å². The molecule has 0 N–H and O–H groups in total. The molecule has 0 fully saturated rings. The second-order valence-corrected chi connectivity index (χ2v) is 7.46. The summed E-state index contributed by atoms with van der Waals surface area (Å²) < 4.78 is 16.8. The standard InChI is InChI=1S/C24H17Cl2NO4/c1-29-21-11-5-7-16(22(21)30-14-15-6-4-8-17(25)12-15)13-20-24(28)31-23(27-20)18-9-2-3-10-19(18)26/h2-13H,14H2,1H3/b20-13-. The van der Waals surface area contributed by atoms with Crippen molar-refractivity contribution in [2.75, 3.05) is 7.11 Å². The van der Waals surface area contributed by atoms with Crippen LogP contribution >= 0.6 is 23.2 Å². The summed E-state index contributed by atoms with van der Waals surface area (Å²) in [6.45, 7) is 0.274. The molecule has 3 aromatic rings. The normalized spacial score (nSPS) is 14.4. The maximum Gasteiger partial charge on any atom is 0.363 e. The highest BCUT2D eigenvalue weighted by molar-refractivity contribution is 6.34. The first-order chi connectivity index (χ1) is 15.0. The molecule has 0 atom stereocenters. The van der Waals surface area contributed by atoms with Crippen LogP contribution in [0.4, 0.5) is 0 Å². The van der Waals surface area contributed by atoms with Gasteiger partial charge in [-0.2, -0.15) is 0 Å². The maximum absolute atomic E-state index is 12.4. The lowest BCUT2D eigenvalue weighted by molar-refractivity contribution is -0.129. The number of cyclic esters (lactones) is 1. The number of para-hydroxylation sites is 1. The summed E-state index contributed by atoms with van der Waals surface area (Å²) in [6.07, 6.45) is 1.60. The summed E-state index contributed by atoms with van der Waals surface area (Å²) in [7, 11) is 1.55. The molecular weight excluding hydrogens is 437 g/mol. The van der Waals surface area contributed by atoms with Crippen LogP contribution in [0.3, 0.4) is 0 Å². The zero-order valence-corrected chi connectivity index (χ0v) is 18.0. The van der Waals surface area contributed by atoms with Crippen LogP contribution in [0.25, 0.3) is 6.08 Å². The molecule has 0 bridgehead atoms. The maximum atomic E-state index is 12.4. The molecular formula is C24H17Cl2NO4. The zero-order valence-electron chi connectivity index (χ0n) is 16.5. The van der Waals surface area contributed by atoms with Gasteiger partial charge in [-0.1, -0.05) is 59.6 Å². The molecule has 0 amide bonds. The van der Waals surface area contributed by atoms with Crippen LogP contribution in [-0.2, 0) is 16.1 Å². The lowest BCUT2D eigenvalue weighted by atomic mass is 10.1. The molecule has 3 aromatic carbocycles. The van der Waals surface area contributed by atoms with Crippen LogP contribution in [0.1, 0.15) is 16.7 Å². The molecule has 0 aliphatic carbocycles. The number of carbonyl (C=O) groups excluding carboxylic acids is 1.